The number of ether oxygens (including phenoxy) is 1. The molecule has 1 nitrogen and oxygen atoms in total. The van der Waals surface area contributed by atoms with Gasteiger partial charge in [-0.1, -0.05) is 13.2 Å². The maximum atomic E-state index is 11.6. The van der Waals surface area contributed by atoms with Gasteiger partial charge in [0, 0.05) is 0 Å². The summed E-state index contributed by atoms with van der Waals surface area (Å²) in [5.41, 5.74) is -1.05. The van der Waals surface area contributed by atoms with Crippen LogP contribution in [0.5, 0.6) is 0 Å². The van der Waals surface area contributed by atoms with E-state index in [-0.39, 0.29) is 0 Å². The van der Waals surface area contributed by atoms with Gasteiger partial charge >= 0.3 is 6.18 Å². The SMILES string of the molecule is C=C(OC)C(=C)C(F)(F)F. The van der Waals surface area contributed by atoms with Crippen molar-refractivity contribution in [1.29, 1.82) is 0 Å². The van der Waals surface area contributed by atoms with Crippen molar-refractivity contribution >= 4 is 0 Å². The predicted molar refractivity (Wildman–Crippen MR) is 31.3 cm³/mol. The number of hydrogen-bond acceptors (Lipinski definition) is 1. The lowest BCUT2D eigenvalue weighted by Gasteiger charge is -2.10. The molecule has 0 aliphatic rings. The summed E-state index contributed by atoms with van der Waals surface area (Å²) in [6, 6.07) is 0. The van der Waals surface area contributed by atoms with Crippen LogP contribution in [0.1, 0.15) is 0 Å². The Morgan fingerprint density at radius 3 is 1.80 bits per heavy atom. The average molecular weight is 152 g/mol. The molecular weight excluding hydrogens is 145 g/mol. The van der Waals surface area contributed by atoms with Crippen LogP contribution in [0.4, 0.5) is 13.2 Å². The van der Waals surface area contributed by atoms with E-state index >= 15 is 0 Å². The van der Waals surface area contributed by atoms with Crippen molar-refractivity contribution in [2.75, 3.05) is 7.11 Å². The van der Waals surface area contributed by atoms with E-state index in [0.717, 1.165) is 7.11 Å². The van der Waals surface area contributed by atoms with Crippen molar-refractivity contribution in [3.63, 3.8) is 0 Å². The lowest BCUT2D eigenvalue weighted by molar-refractivity contribution is -0.0926. The van der Waals surface area contributed by atoms with Crippen LogP contribution in [0.3, 0.4) is 0 Å². The van der Waals surface area contributed by atoms with Crippen molar-refractivity contribution in [3.8, 4) is 0 Å². The Morgan fingerprint density at radius 1 is 1.30 bits per heavy atom. The van der Waals surface area contributed by atoms with Gasteiger partial charge in [-0.15, -0.1) is 0 Å². The summed E-state index contributed by atoms with van der Waals surface area (Å²) in [6.45, 7) is 5.74. The van der Waals surface area contributed by atoms with Gasteiger partial charge in [-0.05, 0) is 0 Å². The summed E-state index contributed by atoms with van der Waals surface area (Å²) in [4.78, 5) is 0. The topological polar surface area (TPSA) is 9.23 Å². The Hall–Kier alpha value is -0.930. The fraction of sp³-hybridized carbons (Fsp3) is 0.333. The molecule has 0 unspecified atom stereocenters. The highest BCUT2D eigenvalue weighted by atomic mass is 19.4. The number of hydrogen-bond donors (Lipinski definition) is 0. The van der Waals surface area contributed by atoms with E-state index in [2.05, 4.69) is 17.9 Å². The molecular formula is C6H7F3O. The van der Waals surface area contributed by atoms with Crippen LogP contribution < -0.4 is 0 Å². The van der Waals surface area contributed by atoms with Crippen molar-refractivity contribution in [2.45, 2.75) is 6.18 Å². The average Bonchev–Trinajstić information content (AvgIpc) is 1.83. The van der Waals surface area contributed by atoms with Crippen LogP contribution >= 0.6 is 0 Å². The minimum Gasteiger partial charge on any atom is -0.497 e. The molecule has 4 heteroatoms. The number of methoxy groups -OCH3 is 1. The van der Waals surface area contributed by atoms with Gasteiger partial charge in [0.2, 0.25) is 0 Å². The standard InChI is InChI=1S/C6H7F3O/c1-4(5(2)10-3)6(7,8)9/h1-2H2,3H3. The predicted octanol–water partition coefficient (Wildman–Crippen LogP) is 2.27. The Kier molecular flexibility index (Phi) is 2.51. The molecule has 0 fully saturated rings. The van der Waals surface area contributed by atoms with Crippen molar-refractivity contribution in [3.05, 3.63) is 24.5 Å². The minimum absolute atomic E-state index is 0.451. The van der Waals surface area contributed by atoms with Crippen LogP contribution in [0, 0.1) is 0 Å². The van der Waals surface area contributed by atoms with E-state index < -0.39 is 17.5 Å². The lowest BCUT2D eigenvalue weighted by atomic mass is 10.2. The molecule has 0 aromatic carbocycles. The van der Waals surface area contributed by atoms with Crippen molar-refractivity contribution < 1.29 is 17.9 Å². The summed E-state index contributed by atoms with van der Waals surface area (Å²) in [5, 5.41) is 0. The first-order chi connectivity index (χ1) is 4.39. The molecule has 0 N–H and O–H groups in total. The summed E-state index contributed by atoms with van der Waals surface area (Å²) in [5.74, 6) is -0.451. The maximum absolute atomic E-state index is 11.6. The second kappa shape index (κ2) is 2.77. The first kappa shape index (κ1) is 9.07. The van der Waals surface area contributed by atoms with E-state index in [1.165, 1.54) is 0 Å². The molecule has 0 bridgehead atoms. The summed E-state index contributed by atoms with van der Waals surface area (Å²) in [7, 11) is 1.11. The monoisotopic (exact) mass is 152 g/mol. The van der Waals surface area contributed by atoms with E-state index in [9.17, 15) is 13.2 Å². The van der Waals surface area contributed by atoms with E-state index in [1.54, 1.807) is 0 Å². The molecule has 0 spiro atoms. The van der Waals surface area contributed by atoms with Gasteiger partial charge in [-0.3, -0.25) is 0 Å². The van der Waals surface area contributed by atoms with E-state index in [1.807, 2.05) is 0 Å². The first-order valence-corrected chi connectivity index (χ1v) is 2.39. The summed E-state index contributed by atoms with van der Waals surface area (Å²) in [6.07, 6.45) is -4.44. The highest BCUT2D eigenvalue weighted by Gasteiger charge is 2.34. The second-order valence-corrected chi connectivity index (χ2v) is 1.60. The normalized spacial score (nSPS) is 10.8. The molecule has 0 rings (SSSR count). The highest BCUT2D eigenvalue weighted by Crippen LogP contribution is 2.28. The second-order valence-electron chi connectivity index (χ2n) is 1.60. The van der Waals surface area contributed by atoms with Crippen molar-refractivity contribution in [2.24, 2.45) is 0 Å². The Labute approximate surface area is 56.8 Å². The van der Waals surface area contributed by atoms with Crippen LogP contribution in [0.15, 0.2) is 24.5 Å². The third-order valence-electron chi connectivity index (χ3n) is 0.925. The molecule has 0 aromatic heterocycles. The Balaban J connectivity index is 4.24. The molecule has 0 radical (unpaired) electrons. The number of allylic oxidation sites excluding steroid dienone is 1. The van der Waals surface area contributed by atoms with Crippen molar-refractivity contribution in [1.82, 2.24) is 0 Å². The fourth-order valence-electron chi connectivity index (χ4n) is 0.281. The van der Waals surface area contributed by atoms with Crippen LogP contribution in [0.25, 0.3) is 0 Å². The van der Waals surface area contributed by atoms with Gasteiger partial charge in [0.1, 0.15) is 5.76 Å². The third kappa shape index (κ3) is 2.13. The van der Waals surface area contributed by atoms with Gasteiger partial charge in [0.15, 0.2) is 0 Å². The zero-order valence-electron chi connectivity index (χ0n) is 5.46. The Morgan fingerprint density at radius 2 is 1.70 bits per heavy atom. The fourth-order valence-corrected chi connectivity index (χ4v) is 0.281. The number of halogens is 3. The number of rotatable bonds is 2. The van der Waals surface area contributed by atoms with Gasteiger partial charge in [0.25, 0.3) is 0 Å². The molecule has 0 aliphatic heterocycles. The lowest BCUT2D eigenvalue weighted by Crippen LogP contribution is -2.12. The molecule has 58 valence electrons. The molecule has 0 amide bonds. The van der Waals surface area contributed by atoms with Crippen LogP contribution in [0.2, 0.25) is 0 Å². The molecule has 0 heterocycles. The first-order valence-electron chi connectivity index (χ1n) is 2.39. The molecule has 0 saturated heterocycles. The molecule has 0 aliphatic carbocycles. The van der Waals surface area contributed by atoms with Crippen LogP contribution in [-0.4, -0.2) is 13.3 Å². The maximum Gasteiger partial charge on any atom is 0.419 e. The summed E-state index contributed by atoms with van der Waals surface area (Å²) >= 11 is 0. The van der Waals surface area contributed by atoms with E-state index in [4.69, 9.17) is 0 Å². The largest absolute Gasteiger partial charge is 0.497 e. The number of alkyl halides is 3. The highest BCUT2D eigenvalue weighted by molar-refractivity contribution is 5.23. The Bertz CT molecular complexity index is 157. The molecule has 0 atom stereocenters. The van der Waals surface area contributed by atoms with E-state index in [0.29, 0.717) is 0 Å². The van der Waals surface area contributed by atoms with Gasteiger partial charge in [-0.2, -0.15) is 13.2 Å². The van der Waals surface area contributed by atoms with Gasteiger partial charge < -0.3 is 4.74 Å². The third-order valence-corrected chi connectivity index (χ3v) is 0.925. The zero-order chi connectivity index (χ0) is 8.36. The quantitative estimate of drug-likeness (QED) is 0.435. The smallest absolute Gasteiger partial charge is 0.419 e. The molecule has 0 saturated carbocycles. The van der Waals surface area contributed by atoms with Gasteiger partial charge in [-0.25, -0.2) is 0 Å². The van der Waals surface area contributed by atoms with Gasteiger partial charge in [0.05, 0.1) is 12.7 Å². The zero-order valence-corrected chi connectivity index (χ0v) is 5.46. The summed E-state index contributed by atoms with van der Waals surface area (Å²) < 4.78 is 39.2. The minimum atomic E-state index is -4.44. The molecule has 10 heavy (non-hydrogen) atoms. The molecule has 0 aromatic rings. The van der Waals surface area contributed by atoms with Crippen LogP contribution in [-0.2, 0) is 4.74 Å².